The maximum Gasteiger partial charge on any atom is 0.0515 e. The highest BCUT2D eigenvalue weighted by Gasteiger charge is 2.28. The predicted octanol–water partition coefficient (Wildman–Crippen LogP) is 3.17. The lowest BCUT2D eigenvalue weighted by Gasteiger charge is -2.31. The number of hydrogen-bond acceptors (Lipinski definition) is 1. The Hall–Kier alpha value is -1.28. The molecule has 0 amide bonds. The van der Waals surface area contributed by atoms with Crippen LogP contribution in [0.25, 0.3) is 10.9 Å². The van der Waals surface area contributed by atoms with Gasteiger partial charge >= 0.3 is 0 Å². The Kier molecular flexibility index (Phi) is 2.53. The van der Waals surface area contributed by atoms with Crippen LogP contribution in [0.2, 0.25) is 0 Å². The molecule has 0 fully saturated rings. The summed E-state index contributed by atoms with van der Waals surface area (Å²) in [4.78, 5) is 0. The van der Waals surface area contributed by atoms with Crippen molar-refractivity contribution in [3.05, 3.63) is 35.0 Å². The molecule has 96 valence electrons. The van der Waals surface area contributed by atoms with E-state index in [2.05, 4.69) is 55.9 Å². The van der Waals surface area contributed by atoms with Crippen LogP contribution >= 0.6 is 0 Å². The fourth-order valence-corrected chi connectivity index (χ4v) is 3.26. The number of fused-ring (bicyclic) bond motifs is 3. The van der Waals surface area contributed by atoms with Crippen molar-refractivity contribution in [3.8, 4) is 0 Å². The second kappa shape index (κ2) is 3.86. The van der Waals surface area contributed by atoms with E-state index in [1.165, 1.54) is 22.2 Å². The Morgan fingerprint density at radius 2 is 2.11 bits per heavy atom. The van der Waals surface area contributed by atoms with Crippen LogP contribution in [0.5, 0.6) is 0 Å². The Balaban J connectivity index is 2.31. The maximum atomic E-state index is 3.63. The minimum absolute atomic E-state index is 0.212. The Bertz CT molecular complexity index is 605. The Morgan fingerprint density at radius 1 is 1.33 bits per heavy atom. The van der Waals surface area contributed by atoms with Crippen LogP contribution in [0.15, 0.2) is 18.2 Å². The van der Waals surface area contributed by atoms with Crippen molar-refractivity contribution in [3.63, 3.8) is 0 Å². The van der Waals surface area contributed by atoms with Gasteiger partial charge in [0, 0.05) is 30.2 Å². The summed E-state index contributed by atoms with van der Waals surface area (Å²) in [6, 6.07) is 6.75. The van der Waals surface area contributed by atoms with Crippen LogP contribution in [0, 0.1) is 0 Å². The van der Waals surface area contributed by atoms with Gasteiger partial charge < -0.3 is 9.88 Å². The van der Waals surface area contributed by atoms with E-state index in [-0.39, 0.29) is 5.54 Å². The zero-order valence-corrected chi connectivity index (χ0v) is 11.8. The molecule has 18 heavy (non-hydrogen) atoms. The van der Waals surface area contributed by atoms with Gasteiger partial charge in [0.25, 0.3) is 0 Å². The van der Waals surface area contributed by atoms with Crippen LogP contribution in [0.1, 0.15) is 37.6 Å². The highest BCUT2D eigenvalue weighted by Crippen LogP contribution is 2.33. The number of aromatic nitrogens is 1. The fourth-order valence-electron chi connectivity index (χ4n) is 3.26. The van der Waals surface area contributed by atoms with E-state index in [9.17, 15) is 0 Å². The lowest BCUT2D eigenvalue weighted by Crippen LogP contribution is -2.44. The third kappa shape index (κ3) is 1.59. The van der Waals surface area contributed by atoms with Gasteiger partial charge in [-0.2, -0.15) is 0 Å². The number of hydrogen-bond donors (Lipinski definition) is 1. The predicted molar refractivity (Wildman–Crippen MR) is 76.9 cm³/mol. The molecule has 0 aliphatic carbocycles. The molecule has 0 saturated heterocycles. The van der Waals surface area contributed by atoms with Crippen molar-refractivity contribution in [1.82, 2.24) is 9.88 Å². The molecule has 2 heteroatoms. The second-order valence-electron chi connectivity index (χ2n) is 6.07. The van der Waals surface area contributed by atoms with Crippen molar-refractivity contribution < 1.29 is 0 Å². The van der Waals surface area contributed by atoms with Crippen molar-refractivity contribution in [1.29, 1.82) is 0 Å². The highest BCUT2D eigenvalue weighted by atomic mass is 15.0. The molecular formula is C16H22N2. The van der Waals surface area contributed by atoms with Crippen molar-refractivity contribution >= 4 is 10.9 Å². The third-order valence-electron chi connectivity index (χ3n) is 4.27. The first-order valence-corrected chi connectivity index (χ1v) is 6.86. The van der Waals surface area contributed by atoms with Crippen LogP contribution in [-0.4, -0.2) is 10.1 Å². The molecular weight excluding hydrogens is 220 g/mol. The summed E-state index contributed by atoms with van der Waals surface area (Å²) >= 11 is 0. The lowest BCUT2D eigenvalue weighted by molar-refractivity contribution is 0.357. The molecule has 1 aliphatic heterocycles. The van der Waals surface area contributed by atoms with Gasteiger partial charge in [0.1, 0.15) is 0 Å². The molecule has 1 aliphatic rings. The average Bonchev–Trinajstić information content (AvgIpc) is 2.61. The number of benzene rings is 1. The van der Waals surface area contributed by atoms with Crippen molar-refractivity contribution in [2.24, 2.45) is 7.05 Å². The maximum absolute atomic E-state index is 3.63. The summed E-state index contributed by atoms with van der Waals surface area (Å²) in [5.74, 6) is 0. The smallest absolute Gasteiger partial charge is 0.0515 e. The molecule has 1 aromatic heterocycles. The molecule has 2 aromatic rings. The second-order valence-corrected chi connectivity index (χ2v) is 6.07. The molecule has 0 saturated carbocycles. The van der Waals surface area contributed by atoms with Gasteiger partial charge in [-0.3, -0.25) is 0 Å². The van der Waals surface area contributed by atoms with Gasteiger partial charge in [0.05, 0.1) is 5.52 Å². The fraction of sp³-hybridized carbons (Fsp3) is 0.500. The van der Waals surface area contributed by atoms with Crippen LogP contribution in [0.3, 0.4) is 0 Å². The summed E-state index contributed by atoms with van der Waals surface area (Å²) in [5.41, 5.74) is 6.12. The summed E-state index contributed by atoms with van der Waals surface area (Å²) in [6.07, 6.45) is 2.22. The van der Waals surface area contributed by atoms with E-state index >= 15 is 0 Å². The number of aryl methyl sites for hydroxylation is 2. The normalized spacial score (nSPS) is 18.0. The molecule has 3 rings (SSSR count). The van der Waals surface area contributed by atoms with E-state index in [1.54, 1.807) is 5.56 Å². The summed E-state index contributed by atoms with van der Waals surface area (Å²) in [5, 5.41) is 5.09. The summed E-state index contributed by atoms with van der Waals surface area (Å²) in [7, 11) is 2.21. The molecule has 0 radical (unpaired) electrons. The Morgan fingerprint density at radius 3 is 2.83 bits per heavy atom. The third-order valence-corrected chi connectivity index (χ3v) is 4.27. The van der Waals surface area contributed by atoms with Gasteiger partial charge in [0.15, 0.2) is 0 Å². The minimum atomic E-state index is 0.212. The molecule has 0 atom stereocenters. The summed E-state index contributed by atoms with van der Waals surface area (Å²) in [6.45, 7) is 7.80. The topological polar surface area (TPSA) is 17.0 Å². The quantitative estimate of drug-likeness (QED) is 0.813. The first kappa shape index (κ1) is 11.8. The van der Waals surface area contributed by atoms with Gasteiger partial charge in [-0.05, 0) is 37.8 Å². The number of rotatable bonds is 1. The number of nitrogens with zero attached hydrogens (tertiary/aromatic N) is 1. The lowest BCUT2D eigenvalue weighted by atomic mass is 9.89. The average molecular weight is 242 g/mol. The van der Waals surface area contributed by atoms with Crippen LogP contribution in [0.4, 0.5) is 0 Å². The van der Waals surface area contributed by atoms with Crippen LogP contribution < -0.4 is 5.32 Å². The molecule has 2 heterocycles. The zero-order valence-electron chi connectivity index (χ0n) is 11.8. The first-order chi connectivity index (χ1) is 8.53. The van der Waals surface area contributed by atoms with Crippen molar-refractivity contribution in [2.45, 2.75) is 45.7 Å². The Labute approximate surface area is 109 Å². The monoisotopic (exact) mass is 242 g/mol. The molecule has 1 N–H and O–H groups in total. The molecule has 2 nitrogen and oxygen atoms in total. The largest absolute Gasteiger partial charge is 0.346 e. The van der Waals surface area contributed by atoms with Gasteiger partial charge in [0.2, 0.25) is 0 Å². The van der Waals surface area contributed by atoms with Gasteiger partial charge in [-0.25, -0.2) is 0 Å². The standard InChI is InChI=1S/C16H22N2/c1-5-11-7-6-8-12-13-9-16(2,3)17-10-14(13)18(4)15(11)12/h6-8,17H,5,9-10H2,1-4H3. The molecule has 1 aromatic carbocycles. The first-order valence-electron chi connectivity index (χ1n) is 6.86. The van der Waals surface area contributed by atoms with E-state index in [4.69, 9.17) is 0 Å². The minimum Gasteiger partial charge on any atom is -0.346 e. The SMILES string of the molecule is CCc1cccc2c3c(n(C)c12)CNC(C)(C)C3. The highest BCUT2D eigenvalue weighted by molar-refractivity contribution is 5.88. The molecule has 0 bridgehead atoms. The van der Waals surface area contributed by atoms with Gasteiger partial charge in [-0.15, -0.1) is 0 Å². The van der Waals surface area contributed by atoms with E-state index in [1.807, 2.05) is 0 Å². The zero-order chi connectivity index (χ0) is 12.9. The van der Waals surface area contributed by atoms with Crippen molar-refractivity contribution in [2.75, 3.05) is 0 Å². The number of para-hydroxylation sites is 1. The van der Waals surface area contributed by atoms with E-state index in [0.29, 0.717) is 0 Å². The number of nitrogens with one attached hydrogen (secondary N) is 1. The molecule has 0 spiro atoms. The van der Waals surface area contributed by atoms with Crippen LogP contribution in [-0.2, 0) is 26.4 Å². The van der Waals surface area contributed by atoms with E-state index in [0.717, 1.165) is 19.4 Å². The van der Waals surface area contributed by atoms with E-state index < -0.39 is 0 Å². The molecule has 0 unspecified atom stereocenters. The summed E-state index contributed by atoms with van der Waals surface area (Å²) < 4.78 is 2.39. The van der Waals surface area contributed by atoms with Gasteiger partial charge in [-0.1, -0.05) is 25.1 Å².